The van der Waals surface area contributed by atoms with Crippen LogP contribution in [0.4, 0.5) is 11.8 Å². The molecule has 0 saturated carbocycles. The minimum atomic E-state index is 0.531. The lowest BCUT2D eigenvalue weighted by Crippen LogP contribution is -2.38. The molecule has 1 aromatic rings. The van der Waals surface area contributed by atoms with Crippen molar-refractivity contribution in [3.63, 3.8) is 0 Å². The van der Waals surface area contributed by atoms with E-state index in [2.05, 4.69) is 32.4 Å². The van der Waals surface area contributed by atoms with Gasteiger partial charge in [0.2, 0.25) is 5.95 Å². The first-order valence-electron chi connectivity index (χ1n) is 6.71. The molecule has 1 aliphatic rings. The van der Waals surface area contributed by atoms with Gasteiger partial charge in [-0.05, 0) is 45.3 Å². The van der Waals surface area contributed by atoms with E-state index in [0.717, 1.165) is 18.1 Å². The number of thiocarbonyl (C=S) groups is 1. The van der Waals surface area contributed by atoms with E-state index in [1.807, 2.05) is 13.0 Å². The predicted octanol–water partition coefficient (Wildman–Crippen LogP) is 2.08. The third kappa shape index (κ3) is 3.53. The van der Waals surface area contributed by atoms with Gasteiger partial charge in [0, 0.05) is 31.4 Å². The molecule has 1 aliphatic heterocycles. The topological polar surface area (TPSA) is 53.1 Å². The molecule has 6 heteroatoms. The molecule has 1 aromatic heterocycles. The lowest BCUT2D eigenvalue weighted by Gasteiger charge is -2.34. The van der Waals surface area contributed by atoms with Gasteiger partial charge < -0.3 is 15.5 Å². The van der Waals surface area contributed by atoms with Gasteiger partial charge in [-0.3, -0.25) is 0 Å². The van der Waals surface area contributed by atoms with Crippen LogP contribution in [-0.2, 0) is 0 Å². The second kappa shape index (κ2) is 6.14. The largest absolute Gasteiger partial charge is 0.365 e. The van der Waals surface area contributed by atoms with E-state index >= 15 is 0 Å². The average molecular weight is 279 g/mol. The van der Waals surface area contributed by atoms with Crippen LogP contribution >= 0.6 is 12.2 Å². The van der Waals surface area contributed by atoms with E-state index in [9.17, 15) is 0 Å². The van der Waals surface area contributed by atoms with Gasteiger partial charge in [-0.25, -0.2) is 4.98 Å². The molecule has 0 aromatic carbocycles. The molecule has 2 heterocycles. The molecule has 0 amide bonds. The van der Waals surface area contributed by atoms with Gasteiger partial charge in [-0.15, -0.1) is 0 Å². The Balaban J connectivity index is 2.22. The Kier molecular flexibility index (Phi) is 4.52. The summed E-state index contributed by atoms with van der Waals surface area (Å²) in [7, 11) is 1.78. The molecule has 1 saturated heterocycles. The van der Waals surface area contributed by atoms with Crippen molar-refractivity contribution in [1.29, 1.82) is 0 Å². The van der Waals surface area contributed by atoms with Gasteiger partial charge in [0.1, 0.15) is 5.82 Å². The van der Waals surface area contributed by atoms with Crippen LogP contribution in [0.25, 0.3) is 0 Å². The smallest absolute Gasteiger partial charge is 0.231 e. The maximum Gasteiger partial charge on any atom is 0.231 e. The van der Waals surface area contributed by atoms with Crippen molar-refractivity contribution in [3.05, 3.63) is 11.8 Å². The molecule has 0 bridgehead atoms. The summed E-state index contributed by atoms with van der Waals surface area (Å²) in [5.74, 6) is 1.55. The summed E-state index contributed by atoms with van der Waals surface area (Å²) in [6.07, 6.45) is 3.75. The second-order valence-corrected chi connectivity index (χ2v) is 5.34. The highest BCUT2D eigenvalue weighted by atomic mass is 32.1. The van der Waals surface area contributed by atoms with Crippen molar-refractivity contribution >= 4 is 29.1 Å². The van der Waals surface area contributed by atoms with E-state index in [1.165, 1.54) is 19.3 Å². The van der Waals surface area contributed by atoms with Crippen molar-refractivity contribution < 1.29 is 0 Å². The Hall–Kier alpha value is -1.43. The molecule has 1 unspecified atom stereocenters. The number of rotatable bonds is 2. The molecule has 104 valence electrons. The summed E-state index contributed by atoms with van der Waals surface area (Å²) in [5.41, 5.74) is 0.948. The summed E-state index contributed by atoms with van der Waals surface area (Å²) in [6, 6.07) is 2.57. The second-order valence-electron chi connectivity index (χ2n) is 4.93. The zero-order valence-electron chi connectivity index (χ0n) is 11.7. The minimum absolute atomic E-state index is 0.531. The summed E-state index contributed by atoms with van der Waals surface area (Å²) in [6.45, 7) is 5.29. The quantitative estimate of drug-likeness (QED) is 0.809. The van der Waals surface area contributed by atoms with Crippen molar-refractivity contribution in [2.24, 2.45) is 0 Å². The minimum Gasteiger partial charge on any atom is -0.365 e. The van der Waals surface area contributed by atoms with Crippen LogP contribution < -0.4 is 15.5 Å². The van der Waals surface area contributed by atoms with E-state index in [-0.39, 0.29) is 0 Å². The Morgan fingerprint density at radius 2 is 2.21 bits per heavy atom. The normalized spacial score (nSPS) is 19.1. The highest BCUT2D eigenvalue weighted by molar-refractivity contribution is 7.80. The molecule has 0 spiro atoms. The van der Waals surface area contributed by atoms with Crippen molar-refractivity contribution in [2.45, 2.75) is 39.2 Å². The number of hydrogen-bond acceptors (Lipinski definition) is 4. The number of aromatic nitrogens is 2. The van der Waals surface area contributed by atoms with Crippen LogP contribution in [0.3, 0.4) is 0 Å². The van der Waals surface area contributed by atoms with Crippen molar-refractivity contribution in [1.82, 2.24) is 15.3 Å². The molecule has 5 nitrogen and oxygen atoms in total. The van der Waals surface area contributed by atoms with Crippen molar-refractivity contribution in [2.75, 3.05) is 23.8 Å². The summed E-state index contributed by atoms with van der Waals surface area (Å²) >= 11 is 5.09. The molecule has 0 aliphatic carbocycles. The zero-order chi connectivity index (χ0) is 13.8. The van der Waals surface area contributed by atoms with Gasteiger partial charge in [-0.1, -0.05) is 0 Å². The van der Waals surface area contributed by atoms with E-state index < -0.39 is 0 Å². The monoisotopic (exact) mass is 279 g/mol. The fraction of sp³-hybridized carbons (Fsp3) is 0.615. The van der Waals surface area contributed by atoms with Crippen LogP contribution in [0.2, 0.25) is 0 Å². The molecule has 19 heavy (non-hydrogen) atoms. The number of nitrogens with zero attached hydrogens (tertiary/aromatic N) is 3. The Morgan fingerprint density at radius 1 is 1.42 bits per heavy atom. The fourth-order valence-electron chi connectivity index (χ4n) is 2.36. The van der Waals surface area contributed by atoms with Gasteiger partial charge in [-0.2, -0.15) is 4.98 Å². The highest BCUT2D eigenvalue weighted by Crippen LogP contribution is 2.24. The molecule has 1 fully saturated rings. The standard InChI is InChI=1S/C13H21N5S/c1-9-8-11(18-7-5-4-6-10(18)2)16-12(15-9)17-13(19)14-3/h8,10H,4-7H2,1-3H3,(H2,14,15,16,17,19). The number of aryl methyl sites for hydroxylation is 1. The number of anilines is 2. The third-order valence-corrected chi connectivity index (χ3v) is 3.70. The fourth-order valence-corrected chi connectivity index (χ4v) is 2.45. The average Bonchev–Trinajstić information content (AvgIpc) is 2.38. The molecular formula is C13H21N5S. The first-order chi connectivity index (χ1) is 9.10. The summed E-state index contributed by atoms with van der Waals surface area (Å²) in [5, 5.41) is 6.40. The Labute approximate surface area is 119 Å². The molecular weight excluding hydrogens is 258 g/mol. The van der Waals surface area contributed by atoms with E-state index in [0.29, 0.717) is 17.1 Å². The number of hydrogen-bond donors (Lipinski definition) is 2. The Bertz CT molecular complexity index is 462. The first-order valence-corrected chi connectivity index (χ1v) is 7.12. The van der Waals surface area contributed by atoms with Crippen LogP contribution in [0.5, 0.6) is 0 Å². The van der Waals surface area contributed by atoms with Gasteiger partial charge >= 0.3 is 0 Å². The van der Waals surface area contributed by atoms with Gasteiger partial charge in [0.15, 0.2) is 5.11 Å². The third-order valence-electron chi connectivity index (χ3n) is 3.39. The van der Waals surface area contributed by atoms with Gasteiger partial charge in [0.05, 0.1) is 0 Å². The number of nitrogens with one attached hydrogen (secondary N) is 2. The molecule has 2 N–H and O–H groups in total. The van der Waals surface area contributed by atoms with Gasteiger partial charge in [0.25, 0.3) is 0 Å². The number of piperidine rings is 1. The van der Waals surface area contributed by atoms with Crippen LogP contribution in [0.15, 0.2) is 6.07 Å². The van der Waals surface area contributed by atoms with Crippen LogP contribution in [0.1, 0.15) is 31.9 Å². The maximum absolute atomic E-state index is 5.09. The van der Waals surface area contributed by atoms with Crippen LogP contribution in [-0.4, -0.2) is 34.7 Å². The van der Waals surface area contributed by atoms with E-state index in [1.54, 1.807) is 7.05 Å². The predicted molar refractivity (Wildman–Crippen MR) is 82.7 cm³/mol. The van der Waals surface area contributed by atoms with E-state index in [4.69, 9.17) is 12.2 Å². The molecule has 0 radical (unpaired) electrons. The molecule has 1 atom stereocenters. The highest BCUT2D eigenvalue weighted by Gasteiger charge is 2.20. The first kappa shape index (κ1) is 14.0. The molecule has 2 rings (SSSR count). The zero-order valence-corrected chi connectivity index (χ0v) is 12.5. The SMILES string of the molecule is CNC(=S)Nc1nc(C)cc(N2CCCCC2C)n1. The summed E-state index contributed by atoms with van der Waals surface area (Å²) in [4.78, 5) is 11.3. The maximum atomic E-state index is 5.09. The van der Waals surface area contributed by atoms with Crippen molar-refractivity contribution in [3.8, 4) is 0 Å². The lowest BCUT2D eigenvalue weighted by atomic mass is 10.0. The van der Waals surface area contributed by atoms with Crippen LogP contribution in [0, 0.1) is 6.92 Å². The lowest BCUT2D eigenvalue weighted by molar-refractivity contribution is 0.481. The summed E-state index contributed by atoms with van der Waals surface area (Å²) < 4.78 is 0. The Morgan fingerprint density at radius 3 is 2.89 bits per heavy atom.